The van der Waals surface area contributed by atoms with Crippen molar-refractivity contribution in [2.24, 2.45) is 0 Å². The van der Waals surface area contributed by atoms with Gasteiger partial charge in [-0.2, -0.15) is 0 Å². The maximum absolute atomic E-state index is 13.2. The van der Waals surface area contributed by atoms with E-state index in [9.17, 15) is 17.2 Å². The van der Waals surface area contributed by atoms with Gasteiger partial charge >= 0.3 is 0 Å². The van der Waals surface area contributed by atoms with Crippen LogP contribution < -0.4 is 4.72 Å². The predicted molar refractivity (Wildman–Crippen MR) is 89.4 cm³/mol. The zero-order valence-corrected chi connectivity index (χ0v) is 14.0. The number of hydrogen-bond donors (Lipinski definition) is 1. The van der Waals surface area contributed by atoms with Crippen LogP contribution in [0.2, 0.25) is 0 Å². The molecule has 0 radical (unpaired) electrons. The van der Waals surface area contributed by atoms with E-state index in [-0.39, 0.29) is 10.6 Å². The lowest BCUT2D eigenvalue weighted by Gasteiger charge is -2.22. The monoisotopic (exact) mass is 351 g/mol. The van der Waals surface area contributed by atoms with Crippen LogP contribution in [0.4, 0.5) is 14.5 Å². The largest absolute Gasteiger partial charge is 0.280 e. The lowest BCUT2D eigenvalue weighted by Crippen LogP contribution is -2.13. The lowest BCUT2D eigenvalue weighted by molar-refractivity contribution is 0.443. The molecule has 0 saturated heterocycles. The Labute approximate surface area is 140 Å². The molecule has 0 heterocycles. The van der Waals surface area contributed by atoms with Gasteiger partial charge in [0.1, 0.15) is 0 Å². The summed E-state index contributed by atoms with van der Waals surface area (Å²) >= 11 is 0. The van der Waals surface area contributed by atoms with E-state index < -0.39 is 21.7 Å². The Morgan fingerprint density at radius 3 is 2.17 bits per heavy atom. The molecule has 2 aromatic carbocycles. The van der Waals surface area contributed by atoms with Crippen LogP contribution in [0.3, 0.4) is 0 Å². The molecule has 0 spiro atoms. The molecule has 1 N–H and O–H groups in total. The first-order valence-corrected chi connectivity index (χ1v) is 9.52. The molecule has 128 valence electrons. The fourth-order valence-electron chi connectivity index (χ4n) is 3.13. The van der Waals surface area contributed by atoms with Gasteiger partial charge in [-0.15, -0.1) is 0 Å². The summed E-state index contributed by atoms with van der Waals surface area (Å²) in [6, 6.07) is 9.71. The Bertz CT molecular complexity index is 813. The zero-order valence-electron chi connectivity index (χ0n) is 13.1. The molecule has 1 aliphatic carbocycles. The summed E-state index contributed by atoms with van der Waals surface area (Å²) in [6.45, 7) is 0. The minimum atomic E-state index is -3.83. The summed E-state index contributed by atoms with van der Waals surface area (Å²) in [5, 5.41) is 0. The first-order chi connectivity index (χ1) is 11.5. The second-order valence-electron chi connectivity index (χ2n) is 6.14. The Balaban J connectivity index is 1.77. The first kappa shape index (κ1) is 16.9. The maximum atomic E-state index is 13.2. The average molecular weight is 351 g/mol. The fraction of sp³-hybridized carbons (Fsp3) is 0.333. The van der Waals surface area contributed by atoms with Crippen LogP contribution in [-0.4, -0.2) is 8.42 Å². The molecule has 0 unspecified atom stereocenters. The summed E-state index contributed by atoms with van der Waals surface area (Å²) in [4.78, 5) is 0.104. The van der Waals surface area contributed by atoms with Gasteiger partial charge in [0.2, 0.25) is 0 Å². The van der Waals surface area contributed by atoms with E-state index in [0.717, 1.165) is 30.5 Å². The highest BCUT2D eigenvalue weighted by Crippen LogP contribution is 2.33. The van der Waals surface area contributed by atoms with Gasteiger partial charge in [0.05, 0.1) is 10.6 Å². The summed E-state index contributed by atoms with van der Waals surface area (Å²) in [7, 11) is -3.83. The molecule has 0 atom stereocenters. The van der Waals surface area contributed by atoms with Gasteiger partial charge in [-0.3, -0.25) is 4.72 Å². The van der Waals surface area contributed by atoms with Crippen molar-refractivity contribution in [1.82, 2.24) is 0 Å². The molecule has 0 aliphatic heterocycles. The summed E-state index contributed by atoms with van der Waals surface area (Å²) in [6.07, 6.45) is 5.96. The van der Waals surface area contributed by atoms with E-state index in [1.54, 1.807) is 12.1 Å². The van der Waals surface area contributed by atoms with Crippen molar-refractivity contribution >= 4 is 15.7 Å². The van der Waals surface area contributed by atoms with Crippen LogP contribution >= 0.6 is 0 Å². The van der Waals surface area contributed by atoms with Crippen LogP contribution in [0, 0.1) is 11.6 Å². The van der Waals surface area contributed by atoms with Crippen LogP contribution in [0.15, 0.2) is 47.4 Å². The quantitative estimate of drug-likeness (QED) is 0.859. The topological polar surface area (TPSA) is 46.2 Å². The number of nitrogens with one attached hydrogen (secondary N) is 1. The highest BCUT2D eigenvalue weighted by molar-refractivity contribution is 7.92. The minimum Gasteiger partial charge on any atom is -0.280 e. The molecule has 1 fully saturated rings. The highest BCUT2D eigenvalue weighted by atomic mass is 32.2. The number of halogens is 2. The van der Waals surface area contributed by atoms with Crippen molar-refractivity contribution in [2.75, 3.05) is 4.72 Å². The number of anilines is 1. The molecule has 2 aromatic rings. The molecular formula is C18H19F2NO2S. The zero-order chi connectivity index (χ0) is 17.2. The van der Waals surface area contributed by atoms with Gasteiger partial charge in [-0.05, 0) is 48.6 Å². The van der Waals surface area contributed by atoms with Gasteiger partial charge in [0.25, 0.3) is 10.0 Å². The summed E-state index contributed by atoms with van der Waals surface area (Å²) in [5.41, 5.74) is 1.15. The second-order valence-corrected chi connectivity index (χ2v) is 7.82. The molecule has 3 rings (SSSR count). The Morgan fingerprint density at radius 1 is 0.875 bits per heavy atom. The smallest absolute Gasteiger partial charge is 0.261 e. The summed E-state index contributed by atoms with van der Waals surface area (Å²) in [5.74, 6) is -1.62. The molecule has 24 heavy (non-hydrogen) atoms. The fourth-order valence-corrected chi connectivity index (χ4v) is 4.18. The van der Waals surface area contributed by atoms with Crippen molar-refractivity contribution < 1.29 is 17.2 Å². The van der Waals surface area contributed by atoms with E-state index in [2.05, 4.69) is 4.72 Å². The van der Waals surface area contributed by atoms with Gasteiger partial charge in [0, 0.05) is 6.07 Å². The van der Waals surface area contributed by atoms with E-state index in [0.29, 0.717) is 5.92 Å². The molecule has 0 aromatic heterocycles. The van der Waals surface area contributed by atoms with Crippen molar-refractivity contribution in [1.29, 1.82) is 0 Å². The standard InChI is InChI=1S/C18H19F2NO2S/c19-17-11-8-15(12-18(17)20)21-24(22,23)16-9-6-14(7-10-16)13-4-2-1-3-5-13/h6-13,21H,1-5H2. The van der Waals surface area contributed by atoms with Crippen molar-refractivity contribution in [2.45, 2.75) is 42.9 Å². The molecule has 3 nitrogen and oxygen atoms in total. The molecule has 6 heteroatoms. The molecular weight excluding hydrogens is 332 g/mol. The molecule has 0 bridgehead atoms. The Kier molecular flexibility index (Phi) is 4.85. The van der Waals surface area contributed by atoms with Crippen LogP contribution in [0.25, 0.3) is 0 Å². The Hall–Kier alpha value is -1.95. The van der Waals surface area contributed by atoms with Crippen molar-refractivity contribution in [3.8, 4) is 0 Å². The average Bonchev–Trinajstić information content (AvgIpc) is 2.59. The number of hydrogen-bond acceptors (Lipinski definition) is 2. The first-order valence-electron chi connectivity index (χ1n) is 8.03. The molecule has 0 amide bonds. The predicted octanol–water partition coefficient (Wildman–Crippen LogP) is 4.81. The van der Waals surface area contributed by atoms with Crippen LogP contribution in [-0.2, 0) is 10.0 Å². The van der Waals surface area contributed by atoms with Gasteiger partial charge in [-0.1, -0.05) is 31.4 Å². The van der Waals surface area contributed by atoms with Gasteiger partial charge < -0.3 is 0 Å². The third kappa shape index (κ3) is 3.75. The second kappa shape index (κ2) is 6.89. The van der Waals surface area contributed by atoms with E-state index in [1.807, 2.05) is 12.1 Å². The SMILES string of the molecule is O=S(=O)(Nc1ccc(F)c(F)c1)c1ccc(C2CCCCC2)cc1. The lowest BCUT2D eigenvalue weighted by atomic mass is 9.84. The normalized spacial score (nSPS) is 16.1. The molecule has 1 aliphatic rings. The third-order valence-electron chi connectivity index (χ3n) is 4.44. The minimum absolute atomic E-state index is 0.00902. The van der Waals surface area contributed by atoms with Crippen LogP contribution in [0.5, 0.6) is 0 Å². The number of sulfonamides is 1. The highest BCUT2D eigenvalue weighted by Gasteiger charge is 2.18. The van der Waals surface area contributed by atoms with Gasteiger partial charge in [0.15, 0.2) is 11.6 Å². The summed E-state index contributed by atoms with van der Waals surface area (Å²) < 4.78 is 53.1. The number of benzene rings is 2. The van der Waals surface area contributed by atoms with Gasteiger partial charge in [-0.25, -0.2) is 17.2 Å². The molecule has 1 saturated carbocycles. The number of rotatable bonds is 4. The van der Waals surface area contributed by atoms with E-state index in [4.69, 9.17) is 0 Å². The third-order valence-corrected chi connectivity index (χ3v) is 5.84. The van der Waals surface area contributed by atoms with Crippen molar-refractivity contribution in [3.05, 3.63) is 59.7 Å². The maximum Gasteiger partial charge on any atom is 0.261 e. The van der Waals surface area contributed by atoms with Crippen molar-refractivity contribution in [3.63, 3.8) is 0 Å². The van der Waals surface area contributed by atoms with E-state index >= 15 is 0 Å². The van der Waals surface area contributed by atoms with Crippen LogP contribution in [0.1, 0.15) is 43.6 Å². The Morgan fingerprint density at radius 2 is 1.54 bits per heavy atom. The van der Waals surface area contributed by atoms with E-state index in [1.165, 1.54) is 25.3 Å².